The summed E-state index contributed by atoms with van der Waals surface area (Å²) < 4.78 is 7.42. The van der Waals surface area contributed by atoms with Crippen molar-refractivity contribution >= 4 is 16.9 Å². The van der Waals surface area contributed by atoms with E-state index in [9.17, 15) is 4.79 Å². The molecule has 0 bridgehead atoms. The Bertz CT molecular complexity index is 704. The van der Waals surface area contributed by atoms with Crippen molar-refractivity contribution in [2.45, 2.75) is 19.8 Å². The second-order valence-electron chi connectivity index (χ2n) is 5.68. The summed E-state index contributed by atoms with van der Waals surface area (Å²) in [7, 11) is 1.82. The number of amides is 1. The highest BCUT2D eigenvalue weighted by Crippen LogP contribution is 2.24. The normalized spacial score (nSPS) is 15.5. The third-order valence-corrected chi connectivity index (χ3v) is 4.07. The Morgan fingerprint density at radius 2 is 2.14 bits per heavy atom. The van der Waals surface area contributed by atoms with Gasteiger partial charge in [0.1, 0.15) is 12.2 Å². The van der Waals surface area contributed by atoms with Crippen LogP contribution >= 0.6 is 0 Å². The van der Waals surface area contributed by atoms with Crippen molar-refractivity contribution < 1.29 is 9.53 Å². The minimum Gasteiger partial charge on any atom is -0.476 e. The van der Waals surface area contributed by atoms with E-state index in [4.69, 9.17) is 10.5 Å². The average Bonchev–Trinajstić information content (AvgIpc) is 3.07. The summed E-state index contributed by atoms with van der Waals surface area (Å²) in [6.07, 6.45) is 2.48. The Kier molecular flexibility index (Phi) is 3.98. The molecule has 22 heavy (non-hydrogen) atoms. The van der Waals surface area contributed by atoms with Gasteiger partial charge in [0.05, 0.1) is 5.69 Å². The number of hydrogen-bond acceptors (Lipinski definition) is 5. The van der Waals surface area contributed by atoms with Gasteiger partial charge in [0.25, 0.3) is 5.91 Å². The Labute approximate surface area is 129 Å². The van der Waals surface area contributed by atoms with E-state index in [0.29, 0.717) is 23.7 Å². The predicted octanol–water partition coefficient (Wildman–Crippen LogP) is 0.850. The van der Waals surface area contributed by atoms with E-state index in [-0.39, 0.29) is 0 Å². The number of ether oxygens (including phenoxy) is 1. The number of primary amides is 1. The highest BCUT2D eigenvalue weighted by molar-refractivity contribution is 5.98. The van der Waals surface area contributed by atoms with Crippen molar-refractivity contribution in [2.24, 2.45) is 12.8 Å². The molecule has 0 saturated carbocycles. The number of nitrogens with zero attached hydrogens (tertiary/aromatic N) is 4. The van der Waals surface area contributed by atoms with Crippen molar-refractivity contribution in [3.05, 3.63) is 17.3 Å². The molecule has 1 aliphatic rings. The third kappa shape index (κ3) is 2.76. The quantitative estimate of drug-likeness (QED) is 0.885. The number of rotatable bonds is 5. The maximum Gasteiger partial charge on any atom is 0.254 e. The van der Waals surface area contributed by atoms with Gasteiger partial charge in [-0.05, 0) is 38.9 Å². The summed E-state index contributed by atoms with van der Waals surface area (Å²) in [6.45, 7) is 5.43. The first kappa shape index (κ1) is 14.8. The molecule has 1 saturated heterocycles. The summed E-state index contributed by atoms with van der Waals surface area (Å²) in [5.74, 6) is -0.240. The van der Waals surface area contributed by atoms with Gasteiger partial charge in [0, 0.05) is 19.0 Å². The van der Waals surface area contributed by atoms with Crippen LogP contribution in [0.5, 0.6) is 5.88 Å². The van der Waals surface area contributed by atoms with Crippen LogP contribution in [0, 0.1) is 6.92 Å². The first-order chi connectivity index (χ1) is 10.6. The minimum atomic E-state index is -0.533. The maximum absolute atomic E-state index is 11.7. The van der Waals surface area contributed by atoms with Gasteiger partial charge < -0.3 is 10.5 Å². The highest BCUT2D eigenvalue weighted by Gasteiger charge is 2.18. The number of pyridine rings is 1. The fourth-order valence-corrected chi connectivity index (χ4v) is 2.89. The Morgan fingerprint density at radius 3 is 2.82 bits per heavy atom. The summed E-state index contributed by atoms with van der Waals surface area (Å²) >= 11 is 0. The molecule has 0 aromatic carbocycles. The number of fused-ring (bicyclic) bond motifs is 1. The number of hydrogen-bond donors (Lipinski definition) is 1. The molecule has 7 nitrogen and oxygen atoms in total. The summed E-state index contributed by atoms with van der Waals surface area (Å²) in [5.41, 5.74) is 7.28. The predicted molar refractivity (Wildman–Crippen MR) is 82.9 cm³/mol. The standard InChI is InChI=1S/C15H21N5O2/c1-10-11-9-12(13(16)21)15(17-14(11)19(2)18-10)22-8-7-20-5-3-4-6-20/h9H,3-8H2,1-2H3,(H2,16,21). The number of carbonyl (C=O) groups excluding carboxylic acids is 1. The number of likely N-dealkylation sites (tertiary alicyclic amines) is 1. The molecule has 0 unspecified atom stereocenters. The van der Waals surface area contributed by atoms with Gasteiger partial charge in [0.2, 0.25) is 5.88 Å². The van der Waals surface area contributed by atoms with Crippen molar-refractivity contribution in [1.29, 1.82) is 0 Å². The molecule has 7 heteroatoms. The van der Waals surface area contributed by atoms with Crippen LogP contribution < -0.4 is 10.5 Å². The number of carbonyl (C=O) groups is 1. The minimum absolute atomic E-state index is 0.294. The second kappa shape index (κ2) is 5.92. The molecular formula is C15H21N5O2. The van der Waals surface area contributed by atoms with Gasteiger partial charge in [-0.2, -0.15) is 10.1 Å². The van der Waals surface area contributed by atoms with E-state index in [0.717, 1.165) is 30.7 Å². The molecule has 0 spiro atoms. The molecule has 2 aromatic heterocycles. The van der Waals surface area contributed by atoms with Crippen molar-refractivity contribution in [3.63, 3.8) is 0 Å². The molecule has 2 N–H and O–H groups in total. The van der Waals surface area contributed by atoms with E-state index in [1.54, 1.807) is 10.7 Å². The SMILES string of the molecule is Cc1nn(C)c2nc(OCCN3CCCC3)c(C(N)=O)cc12. The van der Waals surface area contributed by atoms with Gasteiger partial charge in [-0.3, -0.25) is 14.4 Å². The first-order valence-electron chi connectivity index (χ1n) is 7.55. The lowest BCUT2D eigenvalue weighted by Crippen LogP contribution is -2.26. The van der Waals surface area contributed by atoms with Crippen molar-refractivity contribution in [3.8, 4) is 5.88 Å². The number of aromatic nitrogens is 3. The second-order valence-corrected chi connectivity index (χ2v) is 5.68. The van der Waals surface area contributed by atoms with E-state index in [1.165, 1.54) is 12.8 Å². The van der Waals surface area contributed by atoms with Crippen LogP contribution in [0.4, 0.5) is 0 Å². The number of nitrogens with two attached hydrogens (primary N) is 1. The summed E-state index contributed by atoms with van der Waals surface area (Å²) in [5, 5.41) is 5.14. The lowest BCUT2D eigenvalue weighted by molar-refractivity contribution is 0.0995. The average molecular weight is 303 g/mol. The molecule has 1 fully saturated rings. The Morgan fingerprint density at radius 1 is 1.41 bits per heavy atom. The van der Waals surface area contributed by atoms with Gasteiger partial charge in [-0.25, -0.2) is 0 Å². The molecular weight excluding hydrogens is 282 g/mol. The molecule has 3 rings (SSSR count). The first-order valence-corrected chi connectivity index (χ1v) is 7.55. The zero-order valence-electron chi connectivity index (χ0n) is 13.0. The van der Waals surface area contributed by atoms with E-state index >= 15 is 0 Å². The van der Waals surface area contributed by atoms with Crippen LogP contribution in [-0.4, -0.2) is 51.8 Å². The Balaban J connectivity index is 1.84. The third-order valence-electron chi connectivity index (χ3n) is 4.07. The smallest absolute Gasteiger partial charge is 0.254 e. The largest absolute Gasteiger partial charge is 0.476 e. The summed E-state index contributed by atoms with van der Waals surface area (Å²) in [6, 6.07) is 1.72. The van der Waals surface area contributed by atoms with E-state index in [2.05, 4.69) is 15.0 Å². The lowest BCUT2D eigenvalue weighted by Gasteiger charge is -2.15. The van der Waals surface area contributed by atoms with Gasteiger partial charge in [-0.15, -0.1) is 0 Å². The molecule has 1 amide bonds. The molecule has 2 aromatic rings. The lowest BCUT2D eigenvalue weighted by atomic mass is 10.2. The van der Waals surface area contributed by atoms with Crippen molar-refractivity contribution in [1.82, 2.24) is 19.7 Å². The fourth-order valence-electron chi connectivity index (χ4n) is 2.89. The molecule has 0 aliphatic carbocycles. The molecule has 118 valence electrons. The van der Waals surface area contributed by atoms with Crippen LogP contribution in [0.2, 0.25) is 0 Å². The van der Waals surface area contributed by atoms with Gasteiger partial charge in [-0.1, -0.05) is 0 Å². The topological polar surface area (TPSA) is 86.3 Å². The van der Waals surface area contributed by atoms with E-state index in [1.807, 2.05) is 14.0 Å². The molecule has 0 radical (unpaired) electrons. The monoisotopic (exact) mass is 303 g/mol. The molecule has 0 atom stereocenters. The fraction of sp³-hybridized carbons (Fsp3) is 0.533. The van der Waals surface area contributed by atoms with Gasteiger partial charge in [0.15, 0.2) is 5.65 Å². The maximum atomic E-state index is 11.7. The van der Waals surface area contributed by atoms with Gasteiger partial charge >= 0.3 is 0 Å². The highest BCUT2D eigenvalue weighted by atomic mass is 16.5. The summed E-state index contributed by atoms with van der Waals surface area (Å²) in [4.78, 5) is 18.5. The zero-order valence-corrected chi connectivity index (χ0v) is 13.0. The molecule has 3 heterocycles. The molecule has 1 aliphatic heterocycles. The van der Waals surface area contributed by atoms with Crippen LogP contribution in [0.15, 0.2) is 6.07 Å². The number of aryl methyl sites for hydroxylation is 2. The van der Waals surface area contributed by atoms with Crippen LogP contribution in [0.25, 0.3) is 11.0 Å². The van der Waals surface area contributed by atoms with Crippen LogP contribution in [0.3, 0.4) is 0 Å². The van der Waals surface area contributed by atoms with E-state index < -0.39 is 5.91 Å². The van der Waals surface area contributed by atoms with Crippen LogP contribution in [-0.2, 0) is 7.05 Å². The van der Waals surface area contributed by atoms with Crippen molar-refractivity contribution in [2.75, 3.05) is 26.2 Å². The zero-order chi connectivity index (χ0) is 15.7. The van der Waals surface area contributed by atoms with Crippen LogP contribution in [0.1, 0.15) is 28.9 Å². The Hall–Kier alpha value is -2.15.